The molecule has 3 aliphatic rings. The quantitative estimate of drug-likeness (QED) is 0.824. The Labute approximate surface area is 113 Å². The third-order valence-corrected chi connectivity index (χ3v) is 5.60. The molecule has 0 spiro atoms. The molecule has 2 atom stereocenters. The highest BCUT2D eigenvalue weighted by atomic mass is 15.2. The number of nitrogens with zero attached hydrogens (tertiary/aromatic N) is 1. The van der Waals surface area contributed by atoms with E-state index in [2.05, 4.69) is 17.1 Å². The lowest BCUT2D eigenvalue weighted by Gasteiger charge is -2.32. The third kappa shape index (κ3) is 2.75. The van der Waals surface area contributed by atoms with Gasteiger partial charge < -0.3 is 5.32 Å². The van der Waals surface area contributed by atoms with E-state index in [1.54, 1.807) is 0 Å². The van der Waals surface area contributed by atoms with Gasteiger partial charge in [0.05, 0.1) is 0 Å². The minimum absolute atomic E-state index is 0.820. The van der Waals surface area contributed by atoms with Gasteiger partial charge in [0.1, 0.15) is 0 Å². The van der Waals surface area contributed by atoms with Crippen LogP contribution in [0.1, 0.15) is 64.7 Å². The monoisotopic (exact) mass is 250 g/mol. The predicted molar refractivity (Wildman–Crippen MR) is 76.8 cm³/mol. The Morgan fingerprint density at radius 2 is 1.83 bits per heavy atom. The molecule has 3 rings (SSSR count). The maximum atomic E-state index is 4.01. The molecular formula is C16H30N2. The van der Waals surface area contributed by atoms with Crippen molar-refractivity contribution in [3.05, 3.63) is 0 Å². The normalized spacial score (nSPS) is 41.2. The number of fused-ring (bicyclic) bond motifs is 1. The van der Waals surface area contributed by atoms with Gasteiger partial charge in [0, 0.05) is 24.7 Å². The molecule has 2 saturated heterocycles. The van der Waals surface area contributed by atoms with Gasteiger partial charge in [0.15, 0.2) is 0 Å². The molecule has 1 saturated carbocycles. The Morgan fingerprint density at radius 1 is 1.00 bits per heavy atom. The molecule has 1 N–H and O–H groups in total. The van der Waals surface area contributed by atoms with E-state index in [1.807, 2.05) is 0 Å². The molecule has 0 aromatic rings. The van der Waals surface area contributed by atoms with Gasteiger partial charge in [0.2, 0.25) is 0 Å². The van der Waals surface area contributed by atoms with Gasteiger partial charge in [-0.25, -0.2) is 0 Å². The first-order valence-corrected chi connectivity index (χ1v) is 8.37. The summed E-state index contributed by atoms with van der Waals surface area (Å²) in [4.78, 5) is 2.72. The molecule has 0 aromatic heterocycles. The van der Waals surface area contributed by atoms with Crippen molar-refractivity contribution in [2.24, 2.45) is 5.92 Å². The van der Waals surface area contributed by atoms with Crippen molar-refractivity contribution in [3.63, 3.8) is 0 Å². The van der Waals surface area contributed by atoms with E-state index in [1.165, 1.54) is 70.9 Å². The second kappa shape index (κ2) is 5.92. The van der Waals surface area contributed by atoms with Crippen LogP contribution in [0.2, 0.25) is 0 Å². The lowest BCUT2D eigenvalue weighted by Crippen LogP contribution is -2.45. The Bertz CT molecular complexity index is 258. The summed E-state index contributed by atoms with van der Waals surface area (Å²) in [7, 11) is 0. The summed E-state index contributed by atoms with van der Waals surface area (Å²) in [6.07, 6.45) is 13.0. The Hall–Kier alpha value is -0.0800. The fourth-order valence-corrected chi connectivity index (χ4v) is 4.61. The van der Waals surface area contributed by atoms with Crippen LogP contribution in [0.15, 0.2) is 0 Å². The van der Waals surface area contributed by atoms with Crippen molar-refractivity contribution in [2.75, 3.05) is 13.1 Å². The summed E-state index contributed by atoms with van der Waals surface area (Å²) in [5.74, 6) is 1.04. The topological polar surface area (TPSA) is 15.3 Å². The van der Waals surface area contributed by atoms with Crippen LogP contribution in [0, 0.1) is 5.92 Å². The Balaban J connectivity index is 1.44. The van der Waals surface area contributed by atoms with Gasteiger partial charge >= 0.3 is 0 Å². The predicted octanol–water partition coefficient (Wildman–Crippen LogP) is 3.17. The molecule has 0 radical (unpaired) electrons. The lowest BCUT2D eigenvalue weighted by atomic mass is 9.83. The molecule has 2 heteroatoms. The zero-order valence-corrected chi connectivity index (χ0v) is 12.0. The van der Waals surface area contributed by atoms with Crippen LogP contribution in [0.3, 0.4) is 0 Å². The second-order valence-corrected chi connectivity index (χ2v) is 6.81. The molecule has 0 amide bonds. The van der Waals surface area contributed by atoms with Crippen molar-refractivity contribution in [1.29, 1.82) is 0 Å². The van der Waals surface area contributed by atoms with E-state index >= 15 is 0 Å². The molecule has 2 aliphatic heterocycles. The summed E-state index contributed by atoms with van der Waals surface area (Å²) < 4.78 is 0. The van der Waals surface area contributed by atoms with Crippen LogP contribution in [0.4, 0.5) is 0 Å². The molecule has 1 aliphatic carbocycles. The Morgan fingerprint density at radius 3 is 2.61 bits per heavy atom. The van der Waals surface area contributed by atoms with E-state index in [9.17, 15) is 0 Å². The average molecular weight is 250 g/mol. The minimum atomic E-state index is 0.820. The van der Waals surface area contributed by atoms with Crippen molar-refractivity contribution in [1.82, 2.24) is 10.2 Å². The number of rotatable bonds is 4. The van der Waals surface area contributed by atoms with Crippen molar-refractivity contribution in [3.8, 4) is 0 Å². The first-order chi connectivity index (χ1) is 8.86. The highest BCUT2D eigenvalue weighted by Crippen LogP contribution is 2.31. The van der Waals surface area contributed by atoms with Gasteiger partial charge in [0.25, 0.3) is 0 Å². The van der Waals surface area contributed by atoms with Crippen molar-refractivity contribution in [2.45, 2.75) is 82.8 Å². The van der Waals surface area contributed by atoms with E-state index in [-0.39, 0.29) is 0 Å². The van der Waals surface area contributed by atoms with Gasteiger partial charge in [-0.05, 0) is 57.4 Å². The Kier molecular flexibility index (Phi) is 4.25. The van der Waals surface area contributed by atoms with Gasteiger partial charge in [-0.3, -0.25) is 4.90 Å². The molecule has 18 heavy (non-hydrogen) atoms. The molecule has 2 nitrogen and oxygen atoms in total. The average Bonchev–Trinajstić information content (AvgIpc) is 2.97. The van der Waals surface area contributed by atoms with E-state index in [0.717, 1.165) is 24.0 Å². The summed E-state index contributed by atoms with van der Waals surface area (Å²) in [6.45, 7) is 5.05. The molecule has 3 fully saturated rings. The number of nitrogens with one attached hydrogen (secondary N) is 1. The molecule has 0 aromatic carbocycles. The molecule has 2 unspecified atom stereocenters. The van der Waals surface area contributed by atoms with Crippen LogP contribution in [0.25, 0.3) is 0 Å². The van der Waals surface area contributed by atoms with Gasteiger partial charge in [-0.15, -0.1) is 0 Å². The van der Waals surface area contributed by atoms with Gasteiger partial charge in [-0.1, -0.05) is 19.8 Å². The highest BCUT2D eigenvalue weighted by molar-refractivity contribution is 4.97. The number of hydrogen-bond donors (Lipinski definition) is 1. The summed E-state index contributed by atoms with van der Waals surface area (Å²) in [6, 6.07) is 2.54. The SMILES string of the molecule is CCCC1CCC(NC2CCN3CCCC23)CC1. The molecule has 104 valence electrons. The molecular weight excluding hydrogens is 220 g/mol. The van der Waals surface area contributed by atoms with E-state index < -0.39 is 0 Å². The molecule has 2 heterocycles. The minimum Gasteiger partial charge on any atom is -0.310 e. The summed E-state index contributed by atoms with van der Waals surface area (Å²) in [5.41, 5.74) is 0. The van der Waals surface area contributed by atoms with E-state index in [0.29, 0.717) is 0 Å². The summed E-state index contributed by atoms with van der Waals surface area (Å²) >= 11 is 0. The fourth-order valence-electron chi connectivity index (χ4n) is 4.61. The third-order valence-electron chi connectivity index (χ3n) is 5.60. The van der Waals surface area contributed by atoms with Crippen molar-refractivity contribution >= 4 is 0 Å². The maximum Gasteiger partial charge on any atom is 0.0250 e. The molecule has 0 bridgehead atoms. The first kappa shape index (κ1) is 12.9. The standard InChI is InChI=1S/C16H30N2/c1-2-4-13-6-8-14(9-7-13)17-15-10-12-18-11-3-5-16(15)18/h13-17H,2-12H2,1H3. The largest absolute Gasteiger partial charge is 0.310 e. The lowest BCUT2D eigenvalue weighted by molar-refractivity contribution is 0.239. The first-order valence-electron chi connectivity index (χ1n) is 8.37. The second-order valence-electron chi connectivity index (χ2n) is 6.81. The van der Waals surface area contributed by atoms with Crippen LogP contribution >= 0.6 is 0 Å². The maximum absolute atomic E-state index is 4.01. The fraction of sp³-hybridized carbons (Fsp3) is 1.00. The van der Waals surface area contributed by atoms with E-state index in [4.69, 9.17) is 0 Å². The smallest absolute Gasteiger partial charge is 0.0250 e. The van der Waals surface area contributed by atoms with Gasteiger partial charge in [-0.2, -0.15) is 0 Å². The van der Waals surface area contributed by atoms with Crippen LogP contribution in [-0.2, 0) is 0 Å². The zero-order chi connectivity index (χ0) is 12.4. The zero-order valence-electron chi connectivity index (χ0n) is 12.0. The number of hydrogen-bond acceptors (Lipinski definition) is 2. The summed E-state index contributed by atoms with van der Waals surface area (Å²) in [5, 5.41) is 4.01. The van der Waals surface area contributed by atoms with Crippen LogP contribution in [0.5, 0.6) is 0 Å². The van der Waals surface area contributed by atoms with Crippen LogP contribution in [-0.4, -0.2) is 36.1 Å². The highest BCUT2D eigenvalue weighted by Gasteiger charge is 2.38. The van der Waals surface area contributed by atoms with Crippen molar-refractivity contribution < 1.29 is 0 Å². The van der Waals surface area contributed by atoms with Crippen LogP contribution < -0.4 is 5.32 Å².